The molecule has 0 spiro atoms. The molecule has 1 saturated carbocycles. The highest BCUT2D eigenvalue weighted by Gasteiger charge is 2.34. The van der Waals surface area contributed by atoms with Crippen LogP contribution in [0.5, 0.6) is 5.75 Å². The molecule has 27 heavy (non-hydrogen) atoms. The van der Waals surface area contributed by atoms with Gasteiger partial charge in [-0.1, -0.05) is 0 Å². The number of methoxy groups -OCH3 is 1. The molecule has 4 N–H and O–H groups in total. The Morgan fingerprint density at radius 1 is 1.30 bits per heavy atom. The zero-order valence-corrected chi connectivity index (χ0v) is 15.4. The van der Waals surface area contributed by atoms with Crippen molar-refractivity contribution in [3.8, 4) is 5.75 Å². The summed E-state index contributed by atoms with van der Waals surface area (Å²) >= 11 is 0. The van der Waals surface area contributed by atoms with E-state index in [2.05, 4.69) is 0 Å². The van der Waals surface area contributed by atoms with Crippen LogP contribution in [-0.4, -0.2) is 35.5 Å². The zero-order valence-electron chi connectivity index (χ0n) is 15.4. The summed E-state index contributed by atoms with van der Waals surface area (Å²) in [6, 6.07) is 1.10. The molecule has 2 aromatic rings. The van der Waals surface area contributed by atoms with Crippen molar-refractivity contribution in [1.29, 1.82) is 0 Å². The van der Waals surface area contributed by atoms with Crippen LogP contribution in [0.4, 0.5) is 10.1 Å². The van der Waals surface area contributed by atoms with Gasteiger partial charge in [-0.3, -0.25) is 9.36 Å². The third-order valence-electron chi connectivity index (χ3n) is 5.69. The lowest BCUT2D eigenvalue weighted by Crippen LogP contribution is -2.44. The van der Waals surface area contributed by atoms with Crippen LogP contribution in [0.2, 0.25) is 0 Å². The van der Waals surface area contributed by atoms with Crippen molar-refractivity contribution in [3.63, 3.8) is 0 Å². The maximum absolute atomic E-state index is 15.1. The number of hydrogen-bond acceptors (Lipinski definition) is 6. The van der Waals surface area contributed by atoms with E-state index >= 15 is 4.39 Å². The second-order valence-corrected chi connectivity index (χ2v) is 7.55. The van der Waals surface area contributed by atoms with E-state index in [1.807, 2.05) is 11.8 Å². The molecule has 0 bridgehead atoms. The third kappa shape index (κ3) is 2.68. The average Bonchev–Trinajstić information content (AvgIpc) is 3.35. The molecular weight excluding hydrogens is 353 g/mol. The minimum absolute atomic E-state index is 0.00130. The number of aromatic nitrogens is 2. The first-order valence-corrected chi connectivity index (χ1v) is 9.18. The van der Waals surface area contributed by atoms with Crippen LogP contribution in [0.25, 0.3) is 10.9 Å². The fourth-order valence-electron chi connectivity index (χ4n) is 4.02. The first-order chi connectivity index (χ1) is 12.8. The molecule has 9 heteroatoms. The molecule has 1 saturated heterocycles. The van der Waals surface area contributed by atoms with Crippen LogP contribution in [0.15, 0.2) is 15.7 Å². The molecule has 0 amide bonds. The van der Waals surface area contributed by atoms with Crippen molar-refractivity contribution in [1.82, 2.24) is 9.24 Å². The van der Waals surface area contributed by atoms with Crippen LogP contribution in [0.3, 0.4) is 0 Å². The van der Waals surface area contributed by atoms with E-state index in [4.69, 9.17) is 16.3 Å². The highest BCUT2D eigenvalue weighted by molar-refractivity contribution is 5.91. The predicted octanol–water partition coefficient (Wildman–Crippen LogP) is 0.533. The minimum atomic E-state index is -0.731. The number of benzene rings is 1. The maximum atomic E-state index is 15.1. The Labute approximate surface area is 155 Å². The quantitative estimate of drug-likeness (QED) is 0.753. The summed E-state index contributed by atoms with van der Waals surface area (Å²) in [5.41, 5.74) is 5.26. The van der Waals surface area contributed by atoms with E-state index in [-0.39, 0.29) is 34.8 Å². The summed E-state index contributed by atoms with van der Waals surface area (Å²) in [6.07, 6.45) is 2.46. The van der Waals surface area contributed by atoms with Gasteiger partial charge in [-0.15, -0.1) is 0 Å². The fraction of sp³-hybridized carbons (Fsp3) is 0.556. The Morgan fingerprint density at radius 2 is 2.00 bits per heavy atom. The van der Waals surface area contributed by atoms with E-state index in [1.165, 1.54) is 11.7 Å². The molecule has 1 aliphatic carbocycles. The van der Waals surface area contributed by atoms with Gasteiger partial charge in [0.2, 0.25) is 0 Å². The van der Waals surface area contributed by atoms with Crippen molar-refractivity contribution in [2.45, 2.75) is 38.3 Å². The van der Waals surface area contributed by atoms with Crippen LogP contribution in [-0.2, 0) is 0 Å². The molecule has 4 rings (SSSR count). The molecule has 2 aliphatic rings. The van der Waals surface area contributed by atoms with Gasteiger partial charge in [0, 0.05) is 25.2 Å². The van der Waals surface area contributed by atoms with Crippen LogP contribution in [0, 0.1) is 11.7 Å². The molecule has 0 unspecified atom stereocenters. The highest BCUT2D eigenvalue weighted by atomic mass is 19.1. The summed E-state index contributed by atoms with van der Waals surface area (Å²) in [7, 11) is 1.42. The Bertz CT molecular complexity index is 1020. The number of anilines is 1. The number of rotatable bonds is 4. The summed E-state index contributed by atoms with van der Waals surface area (Å²) in [6.45, 7) is 3.17. The van der Waals surface area contributed by atoms with E-state index < -0.39 is 17.1 Å². The van der Waals surface area contributed by atoms with Gasteiger partial charge in [0.1, 0.15) is 11.2 Å². The maximum Gasteiger partial charge on any atom is 0.350 e. The van der Waals surface area contributed by atoms with Crippen molar-refractivity contribution in [2.24, 2.45) is 11.7 Å². The molecule has 0 radical (unpaired) electrons. The summed E-state index contributed by atoms with van der Waals surface area (Å²) in [5, 5.41) is 0.0463. The van der Waals surface area contributed by atoms with Crippen LogP contribution in [0.1, 0.15) is 32.2 Å². The number of nitrogen functional groups attached to an aromatic ring is 1. The molecule has 2 heterocycles. The Hall–Kier alpha value is -2.55. The second kappa shape index (κ2) is 6.26. The normalized spacial score (nSPS) is 21.0. The average molecular weight is 377 g/mol. The third-order valence-corrected chi connectivity index (χ3v) is 5.69. The topological polar surface area (TPSA) is 109 Å². The zero-order chi connectivity index (χ0) is 19.5. The largest absolute Gasteiger partial charge is 0.492 e. The molecule has 1 aromatic heterocycles. The lowest BCUT2D eigenvalue weighted by molar-refractivity contribution is 0.412. The van der Waals surface area contributed by atoms with Gasteiger partial charge in [0.25, 0.3) is 5.56 Å². The van der Waals surface area contributed by atoms with Gasteiger partial charge in [-0.25, -0.2) is 9.18 Å². The Kier molecular flexibility index (Phi) is 4.14. The Morgan fingerprint density at radius 3 is 2.56 bits per heavy atom. The van der Waals surface area contributed by atoms with Gasteiger partial charge in [0.15, 0.2) is 11.6 Å². The SMILES string of the molecule is COc1c(N2CC[C@@H]([C@H](C)N)C2)c(F)cc2c(=O)n(N)c(=O)n(C3CC3)c12. The summed E-state index contributed by atoms with van der Waals surface area (Å²) < 4.78 is 22.6. The second-order valence-electron chi connectivity index (χ2n) is 7.55. The van der Waals surface area contributed by atoms with Crippen molar-refractivity contribution in [2.75, 3.05) is 30.9 Å². The van der Waals surface area contributed by atoms with Gasteiger partial charge in [-0.2, -0.15) is 4.68 Å². The first kappa shape index (κ1) is 17.8. The van der Waals surface area contributed by atoms with E-state index in [9.17, 15) is 9.59 Å². The van der Waals surface area contributed by atoms with E-state index in [0.29, 0.717) is 23.3 Å². The molecule has 8 nitrogen and oxygen atoms in total. The molecule has 1 aromatic carbocycles. The van der Waals surface area contributed by atoms with Crippen LogP contribution < -0.4 is 32.5 Å². The van der Waals surface area contributed by atoms with Gasteiger partial charge >= 0.3 is 5.69 Å². The van der Waals surface area contributed by atoms with Crippen molar-refractivity contribution in [3.05, 3.63) is 32.7 Å². The number of hydrogen-bond donors (Lipinski definition) is 2. The molecule has 1 aliphatic heterocycles. The lowest BCUT2D eigenvalue weighted by Gasteiger charge is -2.25. The van der Waals surface area contributed by atoms with Gasteiger partial charge in [-0.05, 0) is 38.2 Å². The monoisotopic (exact) mass is 377 g/mol. The fourth-order valence-corrected chi connectivity index (χ4v) is 4.02. The highest BCUT2D eigenvalue weighted by Crippen LogP contribution is 2.43. The summed E-state index contributed by atoms with van der Waals surface area (Å²) in [5.74, 6) is 5.53. The first-order valence-electron chi connectivity index (χ1n) is 9.18. The van der Waals surface area contributed by atoms with Crippen molar-refractivity contribution >= 4 is 16.6 Å². The van der Waals surface area contributed by atoms with Gasteiger partial charge in [0.05, 0.1) is 12.5 Å². The molecule has 2 fully saturated rings. The lowest BCUT2D eigenvalue weighted by atomic mass is 10.0. The standard InChI is InChI=1S/C18H24FN5O3/c1-9(20)10-5-6-22(8-10)15-13(19)7-12-14(16(15)27-2)23(11-3-4-11)18(26)24(21)17(12)25/h7,9-11H,3-6,8,20-21H2,1-2H3/t9-,10+/m0/s1. The number of nitrogens with two attached hydrogens (primary N) is 2. The van der Waals surface area contributed by atoms with E-state index in [0.717, 1.165) is 25.3 Å². The predicted molar refractivity (Wildman–Crippen MR) is 101 cm³/mol. The molecule has 2 atom stereocenters. The number of nitrogens with zero attached hydrogens (tertiary/aromatic N) is 3. The summed E-state index contributed by atoms with van der Waals surface area (Å²) in [4.78, 5) is 27.0. The Balaban J connectivity index is 2.01. The van der Waals surface area contributed by atoms with E-state index in [1.54, 1.807) is 0 Å². The van der Waals surface area contributed by atoms with Gasteiger partial charge < -0.3 is 21.2 Å². The number of halogens is 1. The van der Waals surface area contributed by atoms with Crippen molar-refractivity contribution < 1.29 is 9.13 Å². The smallest absolute Gasteiger partial charge is 0.350 e. The van der Waals surface area contributed by atoms with Crippen LogP contribution >= 0.6 is 0 Å². The number of ether oxygens (including phenoxy) is 1. The number of fused-ring (bicyclic) bond motifs is 1. The molecular formula is C18H24FN5O3. The molecule has 146 valence electrons. The minimum Gasteiger partial charge on any atom is -0.492 e.